The number of nitrogens with zero attached hydrogens (tertiary/aromatic N) is 2. The monoisotopic (exact) mass is 361 g/mol. The second-order valence-electron chi connectivity index (χ2n) is 6.10. The third kappa shape index (κ3) is 3.98. The van der Waals surface area contributed by atoms with Crippen molar-refractivity contribution in [2.45, 2.75) is 13.0 Å². The number of para-hydroxylation sites is 1. The van der Waals surface area contributed by atoms with Gasteiger partial charge in [-0.1, -0.05) is 18.2 Å². The number of furan rings is 1. The van der Waals surface area contributed by atoms with Crippen molar-refractivity contribution in [3.05, 3.63) is 78.0 Å². The fraction of sp³-hybridized carbons (Fsp3) is 0.150. The van der Waals surface area contributed by atoms with Gasteiger partial charge < -0.3 is 20.0 Å². The van der Waals surface area contributed by atoms with Crippen LogP contribution in [-0.4, -0.2) is 27.6 Å². The van der Waals surface area contributed by atoms with Gasteiger partial charge in [-0.05, 0) is 42.3 Å². The number of benzene rings is 1. The number of rotatable bonds is 7. The smallest absolute Gasteiger partial charge is 0.271 e. The van der Waals surface area contributed by atoms with Crippen LogP contribution in [0.1, 0.15) is 21.8 Å². The van der Waals surface area contributed by atoms with Crippen molar-refractivity contribution in [1.29, 1.82) is 0 Å². The number of nitrogens with one attached hydrogen (secondary N) is 3. The highest BCUT2D eigenvalue weighted by molar-refractivity contribution is 5.92. The highest BCUT2D eigenvalue weighted by Gasteiger charge is 2.09. The SMILES string of the molecule is O=C(NCCc1c[nH]c2ccccc12)c1ccc(NCc2ccco2)nn1. The Hall–Kier alpha value is -3.61. The van der Waals surface area contributed by atoms with E-state index in [9.17, 15) is 4.79 Å². The first kappa shape index (κ1) is 16.8. The molecule has 1 amide bonds. The molecular formula is C20H19N5O2. The lowest BCUT2D eigenvalue weighted by molar-refractivity contribution is 0.0948. The van der Waals surface area contributed by atoms with E-state index in [1.165, 1.54) is 10.9 Å². The van der Waals surface area contributed by atoms with Gasteiger partial charge in [0.05, 0.1) is 12.8 Å². The van der Waals surface area contributed by atoms with E-state index in [2.05, 4.69) is 31.9 Å². The summed E-state index contributed by atoms with van der Waals surface area (Å²) in [7, 11) is 0. The van der Waals surface area contributed by atoms with Crippen LogP contribution in [0.2, 0.25) is 0 Å². The normalized spacial score (nSPS) is 10.8. The Morgan fingerprint density at radius 3 is 2.81 bits per heavy atom. The predicted molar refractivity (Wildman–Crippen MR) is 102 cm³/mol. The van der Waals surface area contributed by atoms with E-state index < -0.39 is 0 Å². The van der Waals surface area contributed by atoms with Gasteiger partial charge in [-0.25, -0.2) is 0 Å². The van der Waals surface area contributed by atoms with Gasteiger partial charge in [0.25, 0.3) is 5.91 Å². The first-order valence-electron chi connectivity index (χ1n) is 8.73. The average Bonchev–Trinajstić information content (AvgIpc) is 3.37. The minimum absolute atomic E-state index is 0.236. The molecule has 0 saturated heterocycles. The number of carbonyl (C=O) groups is 1. The minimum atomic E-state index is -0.236. The van der Waals surface area contributed by atoms with Crippen LogP contribution in [0, 0.1) is 0 Å². The van der Waals surface area contributed by atoms with Gasteiger partial charge in [0, 0.05) is 23.6 Å². The van der Waals surface area contributed by atoms with E-state index in [1.54, 1.807) is 18.4 Å². The molecule has 0 unspecified atom stereocenters. The summed E-state index contributed by atoms with van der Waals surface area (Å²) in [4.78, 5) is 15.5. The molecule has 1 aromatic carbocycles. The van der Waals surface area contributed by atoms with Crippen molar-refractivity contribution in [3.8, 4) is 0 Å². The van der Waals surface area contributed by atoms with Crippen molar-refractivity contribution < 1.29 is 9.21 Å². The van der Waals surface area contributed by atoms with Crippen molar-refractivity contribution in [2.75, 3.05) is 11.9 Å². The number of anilines is 1. The zero-order valence-electron chi connectivity index (χ0n) is 14.6. The molecule has 0 fully saturated rings. The van der Waals surface area contributed by atoms with Crippen LogP contribution in [0.5, 0.6) is 0 Å². The Balaban J connectivity index is 1.29. The summed E-state index contributed by atoms with van der Waals surface area (Å²) >= 11 is 0. The van der Waals surface area contributed by atoms with Crippen molar-refractivity contribution in [1.82, 2.24) is 20.5 Å². The molecule has 7 heteroatoms. The van der Waals surface area contributed by atoms with E-state index >= 15 is 0 Å². The van der Waals surface area contributed by atoms with Gasteiger partial charge in [-0.3, -0.25) is 4.79 Å². The lowest BCUT2D eigenvalue weighted by Gasteiger charge is -2.06. The molecule has 4 rings (SSSR count). The van der Waals surface area contributed by atoms with Crippen LogP contribution in [0.3, 0.4) is 0 Å². The van der Waals surface area contributed by atoms with Crippen LogP contribution >= 0.6 is 0 Å². The third-order valence-electron chi connectivity index (χ3n) is 4.28. The summed E-state index contributed by atoms with van der Waals surface area (Å²) in [5, 5.41) is 15.2. The van der Waals surface area contributed by atoms with Gasteiger partial charge in [0.1, 0.15) is 11.6 Å². The summed E-state index contributed by atoms with van der Waals surface area (Å²) in [5.41, 5.74) is 2.56. The molecule has 0 radical (unpaired) electrons. The summed E-state index contributed by atoms with van der Waals surface area (Å²) in [6, 6.07) is 15.2. The van der Waals surface area contributed by atoms with Gasteiger partial charge in [-0.2, -0.15) is 0 Å². The molecule has 136 valence electrons. The van der Waals surface area contributed by atoms with Crippen LogP contribution in [0.15, 0.2) is 65.4 Å². The number of hydrogen-bond donors (Lipinski definition) is 3. The van der Waals surface area contributed by atoms with Gasteiger partial charge >= 0.3 is 0 Å². The second kappa shape index (κ2) is 7.74. The Kier molecular flexibility index (Phi) is 4.82. The summed E-state index contributed by atoms with van der Waals surface area (Å²) in [6.07, 6.45) is 4.34. The molecule has 4 aromatic rings. The van der Waals surface area contributed by atoms with E-state index in [1.807, 2.05) is 36.5 Å². The molecule has 0 atom stereocenters. The lowest BCUT2D eigenvalue weighted by atomic mass is 10.1. The van der Waals surface area contributed by atoms with E-state index in [0.29, 0.717) is 18.9 Å². The van der Waals surface area contributed by atoms with E-state index in [0.717, 1.165) is 17.7 Å². The largest absolute Gasteiger partial charge is 0.467 e. The third-order valence-corrected chi connectivity index (χ3v) is 4.28. The van der Waals surface area contributed by atoms with Crippen molar-refractivity contribution >= 4 is 22.6 Å². The predicted octanol–water partition coefficient (Wildman–Crippen LogP) is 3.14. The van der Waals surface area contributed by atoms with E-state index in [4.69, 9.17) is 4.42 Å². The Labute approximate surface area is 155 Å². The summed E-state index contributed by atoms with van der Waals surface area (Å²) < 4.78 is 5.24. The fourth-order valence-electron chi connectivity index (χ4n) is 2.88. The molecule has 0 aliphatic carbocycles. The molecule has 7 nitrogen and oxygen atoms in total. The number of hydrogen-bond acceptors (Lipinski definition) is 5. The molecule has 3 aromatic heterocycles. The minimum Gasteiger partial charge on any atom is -0.467 e. The maximum Gasteiger partial charge on any atom is 0.271 e. The number of H-pyrrole nitrogens is 1. The molecule has 27 heavy (non-hydrogen) atoms. The maximum absolute atomic E-state index is 12.2. The first-order valence-corrected chi connectivity index (χ1v) is 8.73. The number of aromatic nitrogens is 3. The molecule has 0 spiro atoms. The molecule has 0 bridgehead atoms. The first-order chi connectivity index (χ1) is 13.3. The second-order valence-corrected chi connectivity index (χ2v) is 6.10. The molecular weight excluding hydrogens is 342 g/mol. The highest BCUT2D eigenvalue weighted by atomic mass is 16.3. The van der Waals surface area contributed by atoms with Crippen molar-refractivity contribution in [2.24, 2.45) is 0 Å². The average molecular weight is 361 g/mol. The number of carbonyl (C=O) groups excluding carboxylic acids is 1. The zero-order valence-corrected chi connectivity index (χ0v) is 14.6. The van der Waals surface area contributed by atoms with E-state index in [-0.39, 0.29) is 11.6 Å². The number of amides is 1. The maximum atomic E-state index is 12.2. The molecule has 3 heterocycles. The zero-order chi connectivity index (χ0) is 18.5. The Morgan fingerprint density at radius 2 is 2.00 bits per heavy atom. The highest BCUT2D eigenvalue weighted by Crippen LogP contribution is 2.17. The molecule has 3 N–H and O–H groups in total. The fourth-order valence-corrected chi connectivity index (χ4v) is 2.88. The van der Waals surface area contributed by atoms with Crippen LogP contribution < -0.4 is 10.6 Å². The lowest BCUT2D eigenvalue weighted by Crippen LogP contribution is -2.26. The summed E-state index contributed by atoms with van der Waals surface area (Å²) in [5.74, 6) is 1.15. The van der Waals surface area contributed by atoms with Crippen LogP contribution in [-0.2, 0) is 13.0 Å². The molecule has 0 aliphatic rings. The number of fused-ring (bicyclic) bond motifs is 1. The quantitative estimate of drug-likeness (QED) is 0.470. The van der Waals surface area contributed by atoms with Crippen LogP contribution in [0.25, 0.3) is 10.9 Å². The molecule has 0 aliphatic heterocycles. The number of aromatic amines is 1. The van der Waals surface area contributed by atoms with Gasteiger partial charge in [0.2, 0.25) is 0 Å². The van der Waals surface area contributed by atoms with Gasteiger partial charge in [0.15, 0.2) is 5.69 Å². The Morgan fingerprint density at radius 1 is 1.07 bits per heavy atom. The topological polar surface area (TPSA) is 95.8 Å². The van der Waals surface area contributed by atoms with Crippen molar-refractivity contribution in [3.63, 3.8) is 0 Å². The molecule has 0 saturated carbocycles. The standard InChI is InChI=1S/C20H19N5O2/c26-20(21-10-9-14-12-22-17-6-2-1-5-16(14)17)18-7-8-19(25-24-18)23-13-15-4-3-11-27-15/h1-8,11-12,22H,9-10,13H2,(H,21,26)(H,23,25). The summed E-state index contributed by atoms with van der Waals surface area (Å²) in [6.45, 7) is 1.04. The Bertz CT molecular complexity index is 1020. The van der Waals surface area contributed by atoms with Gasteiger partial charge in [-0.15, -0.1) is 10.2 Å². The van der Waals surface area contributed by atoms with Crippen LogP contribution in [0.4, 0.5) is 5.82 Å².